The van der Waals surface area contributed by atoms with Gasteiger partial charge in [0.25, 0.3) is 5.91 Å². The molecule has 0 aromatic heterocycles. The zero-order valence-corrected chi connectivity index (χ0v) is 16.4. The van der Waals surface area contributed by atoms with E-state index in [-0.39, 0.29) is 5.75 Å². The number of alkyl carbamates (subject to hydrolysis) is 1. The molecule has 2 aromatic rings. The molecule has 0 heterocycles. The van der Waals surface area contributed by atoms with Crippen molar-refractivity contribution in [2.75, 3.05) is 7.11 Å². The number of imide groups is 1. The van der Waals surface area contributed by atoms with Gasteiger partial charge in [-0.15, -0.1) is 0 Å². The van der Waals surface area contributed by atoms with Crippen LogP contribution in [0.25, 0.3) is 0 Å². The van der Waals surface area contributed by atoms with Gasteiger partial charge in [-0.2, -0.15) is 0 Å². The molecule has 2 aromatic carbocycles. The van der Waals surface area contributed by atoms with Gasteiger partial charge in [-0.1, -0.05) is 36.4 Å². The number of phenols is 1. The Hall–Kier alpha value is -3.65. The van der Waals surface area contributed by atoms with Gasteiger partial charge in [0.1, 0.15) is 5.75 Å². The molecule has 0 aliphatic carbocycles. The summed E-state index contributed by atoms with van der Waals surface area (Å²) in [5.41, 5.74) is 0.849. The fourth-order valence-electron chi connectivity index (χ4n) is 2.76. The van der Waals surface area contributed by atoms with E-state index in [0.717, 1.165) is 6.08 Å². The molecule has 0 saturated carbocycles. The van der Waals surface area contributed by atoms with Crippen LogP contribution >= 0.6 is 0 Å². The molecule has 0 fully saturated rings. The summed E-state index contributed by atoms with van der Waals surface area (Å²) in [7, 11) is 1.44. The number of ether oxygens (including phenoxy) is 2. The van der Waals surface area contributed by atoms with Crippen molar-refractivity contribution in [3.05, 3.63) is 77.9 Å². The number of aliphatic carboxylic acids is 1. The van der Waals surface area contributed by atoms with Gasteiger partial charge in [-0.25, -0.2) is 9.59 Å². The number of phenolic OH excluding ortho intramolecular Hbond substituents is 1. The predicted octanol–water partition coefficient (Wildman–Crippen LogP) is 3.44. The molecule has 0 saturated heterocycles. The average molecular weight is 413 g/mol. The van der Waals surface area contributed by atoms with E-state index in [1.807, 2.05) is 0 Å². The van der Waals surface area contributed by atoms with Crippen LogP contribution in [0.1, 0.15) is 34.9 Å². The first-order valence-corrected chi connectivity index (χ1v) is 9.19. The number of rotatable bonds is 9. The first kappa shape index (κ1) is 22.6. The minimum atomic E-state index is -1.06. The summed E-state index contributed by atoms with van der Waals surface area (Å²) in [6.07, 6.45) is 0.752. The Morgan fingerprint density at radius 1 is 1.07 bits per heavy atom. The third kappa shape index (κ3) is 7.06. The molecular formula is C22H23NO7. The Bertz CT molecular complexity index is 878. The standard InChI is InChI=1S/C22H23NO7/c1-29-18(9-5-6-10-19(25)26)20(15-11-13-17(24)14-12-15)30-22(28)23-21(27)16-7-3-2-4-8-16/h2-4,6-8,10-14,18,20,24H,5,9H2,1H3,(H,25,26)(H,23,27,28)/b10-6+/t18-,20-/m1/s1. The number of methoxy groups -OCH3 is 1. The third-order valence-electron chi connectivity index (χ3n) is 4.23. The zero-order valence-electron chi connectivity index (χ0n) is 16.4. The number of hydrogen-bond donors (Lipinski definition) is 3. The van der Waals surface area contributed by atoms with Crippen molar-refractivity contribution in [1.29, 1.82) is 0 Å². The normalized spacial score (nSPS) is 12.8. The first-order chi connectivity index (χ1) is 14.4. The van der Waals surface area contributed by atoms with Crippen molar-refractivity contribution in [2.45, 2.75) is 25.0 Å². The van der Waals surface area contributed by atoms with Crippen molar-refractivity contribution in [1.82, 2.24) is 5.32 Å². The molecule has 30 heavy (non-hydrogen) atoms. The van der Waals surface area contributed by atoms with Crippen LogP contribution in [0.4, 0.5) is 4.79 Å². The molecule has 3 N–H and O–H groups in total. The lowest BCUT2D eigenvalue weighted by Gasteiger charge is -2.26. The second-order valence-corrected chi connectivity index (χ2v) is 6.33. The monoisotopic (exact) mass is 413 g/mol. The molecule has 8 nitrogen and oxygen atoms in total. The molecule has 2 atom stereocenters. The number of carboxylic acids is 1. The lowest BCUT2D eigenvalue weighted by Crippen LogP contribution is -2.35. The van der Waals surface area contributed by atoms with Crippen LogP contribution in [0.2, 0.25) is 0 Å². The van der Waals surface area contributed by atoms with Crippen LogP contribution in [0, 0.1) is 0 Å². The number of allylic oxidation sites excluding steroid dienone is 1. The van der Waals surface area contributed by atoms with E-state index in [9.17, 15) is 19.5 Å². The van der Waals surface area contributed by atoms with E-state index in [1.165, 1.54) is 25.3 Å². The number of carboxylic acid groups (broad SMARTS) is 1. The smallest absolute Gasteiger partial charge is 0.414 e. The van der Waals surface area contributed by atoms with E-state index in [4.69, 9.17) is 14.6 Å². The Morgan fingerprint density at radius 2 is 1.73 bits per heavy atom. The van der Waals surface area contributed by atoms with Crippen LogP contribution in [0.15, 0.2) is 66.7 Å². The van der Waals surface area contributed by atoms with Crippen LogP contribution in [-0.2, 0) is 14.3 Å². The highest BCUT2D eigenvalue weighted by Crippen LogP contribution is 2.28. The lowest BCUT2D eigenvalue weighted by atomic mass is 10.00. The number of aromatic hydroxyl groups is 1. The van der Waals surface area contributed by atoms with Crippen molar-refractivity contribution in [3.8, 4) is 5.75 Å². The summed E-state index contributed by atoms with van der Waals surface area (Å²) in [5, 5.41) is 20.4. The molecule has 2 rings (SSSR count). The molecule has 0 unspecified atom stereocenters. The summed E-state index contributed by atoms with van der Waals surface area (Å²) in [6.45, 7) is 0. The maximum atomic E-state index is 12.4. The summed E-state index contributed by atoms with van der Waals surface area (Å²) < 4.78 is 10.9. The SMILES string of the molecule is CO[C@H](CC/C=C/C(=O)O)[C@H](OC(=O)NC(=O)c1ccccc1)c1ccc(O)cc1. The topological polar surface area (TPSA) is 122 Å². The highest BCUT2D eigenvalue weighted by atomic mass is 16.6. The van der Waals surface area contributed by atoms with Gasteiger partial charge in [0.2, 0.25) is 0 Å². The van der Waals surface area contributed by atoms with Gasteiger partial charge < -0.3 is 19.7 Å². The number of carbonyl (C=O) groups excluding carboxylic acids is 2. The highest BCUT2D eigenvalue weighted by Gasteiger charge is 2.27. The predicted molar refractivity (Wildman–Crippen MR) is 108 cm³/mol. The van der Waals surface area contributed by atoms with Gasteiger partial charge >= 0.3 is 12.1 Å². The van der Waals surface area contributed by atoms with Crippen molar-refractivity contribution < 1.29 is 34.1 Å². The molecule has 8 heteroatoms. The number of carbonyl (C=O) groups is 3. The Balaban J connectivity index is 2.13. The molecule has 0 spiro atoms. The zero-order chi connectivity index (χ0) is 21.9. The van der Waals surface area contributed by atoms with Crippen molar-refractivity contribution in [2.24, 2.45) is 0 Å². The fraction of sp³-hybridized carbons (Fsp3) is 0.227. The molecule has 0 aliphatic rings. The van der Waals surface area contributed by atoms with E-state index >= 15 is 0 Å². The summed E-state index contributed by atoms with van der Waals surface area (Å²) in [6, 6.07) is 14.2. The third-order valence-corrected chi connectivity index (χ3v) is 4.23. The quantitative estimate of drug-likeness (QED) is 0.538. The second-order valence-electron chi connectivity index (χ2n) is 6.33. The maximum absolute atomic E-state index is 12.4. The fourth-order valence-corrected chi connectivity index (χ4v) is 2.76. The molecule has 2 amide bonds. The van der Waals surface area contributed by atoms with Gasteiger partial charge in [0.15, 0.2) is 6.10 Å². The summed E-state index contributed by atoms with van der Waals surface area (Å²) in [5.74, 6) is -1.63. The largest absolute Gasteiger partial charge is 0.508 e. The number of benzene rings is 2. The maximum Gasteiger partial charge on any atom is 0.414 e. The van der Waals surface area contributed by atoms with Crippen molar-refractivity contribution in [3.63, 3.8) is 0 Å². The molecule has 0 aliphatic heterocycles. The number of nitrogens with one attached hydrogen (secondary N) is 1. The molecule has 158 valence electrons. The Labute approximate surface area is 173 Å². The van der Waals surface area contributed by atoms with Crippen LogP contribution in [-0.4, -0.2) is 41.4 Å². The average Bonchev–Trinajstić information content (AvgIpc) is 2.73. The van der Waals surface area contributed by atoms with E-state index in [0.29, 0.717) is 24.0 Å². The number of hydrogen-bond acceptors (Lipinski definition) is 6. The van der Waals surface area contributed by atoms with Crippen LogP contribution in [0.3, 0.4) is 0 Å². The molecule has 0 radical (unpaired) electrons. The minimum Gasteiger partial charge on any atom is -0.508 e. The molecular weight excluding hydrogens is 390 g/mol. The Morgan fingerprint density at radius 3 is 2.33 bits per heavy atom. The van der Waals surface area contributed by atoms with Gasteiger partial charge in [-0.05, 0) is 42.7 Å². The van der Waals surface area contributed by atoms with E-state index in [1.54, 1.807) is 42.5 Å². The Kier molecular flexibility index (Phi) is 8.58. The van der Waals surface area contributed by atoms with Crippen LogP contribution in [0.5, 0.6) is 5.75 Å². The van der Waals surface area contributed by atoms with E-state index in [2.05, 4.69) is 5.32 Å². The van der Waals surface area contributed by atoms with Gasteiger partial charge in [0.05, 0.1) is 6.10 Å². The van der Waals surface area contributed by atoms with E-state index < -0.39 is 30.2 Å². The lowest BCUT2D eigenvalue weighted by molar-refractivity contribution is -0.131. The van der Waals surface area contributed by atoms with Crippen LogP contribution < -0.4 is 5.32 Å². The van der Waals surface area contributed by atoms with Gasteiger partial charge in [0, 0.05) is 18.7 Å². The summed E-state index contributed by atoms with van der Waals surface area (Å²) >= 11 is 0. The molecule has 0 bridgehead atoms. The van der Waals surface area contributed by atoms with Crippen molar-refractivity contribution >= 4 is 18.0 Å². The number of amides is 2. The minimum absolute atomic E-state index is 0.0413. The summed E-state index contributed by atoms with van der Waals surface area (Å²) in [4.78, 5) is 35.2. The second kappa shape index (κ2) is 11.4. The van der Waals surface area contributed by atoms with Gasteiger partial charge in [-0.3, -0.25) is 10.1 Å². The highest BCUT2D eigenvalue weighted by molar-refractivity contribution is 6.02. The first-order valence-electron chi connectivity index (χ1n) is 9.19.